The van der Waals surface area contributed by atoms with E-state index in [0.717, 1.165) is 24.3 Å². The van der Waals surface area contributed by atoms with Crippen molar-refractivity contribution >= 4 is 5.91 Å². The first-order chi connectivity index (χ1) is 8.08. The van der Waals surface area contributed by atoms with Crippen molar-refractivity contribution in [1.29, 1.82) is 0 Å². The van der Waals surface area contributed by atoms with Gasteiger partial charge in [-0.1, -0.05) is 18.5 Å². The molecule has 0 aliphatic rings. The Kier molecular flexibility index (Phi) is 5.15. The molecule has 5 heteroatoms. The Morgan fingerprint density at radius 2 is 2.35 bits per heavy atom. The van der Waals surface area contributed by atoms with Gasteiger partial charge in [0.25, 0.3) is 0 Å². The molecule has 2 N–H and O–H groups in total. The van der Waals surface area contributed by atoms with Gasteiger partial charge in [-0.15, -0.1) is 0 Å². The van der Waals surface area contributed by atoms with Crippen LogP contribution in [-0.4, -0.2) is 29.6 Å². The summed E-state index contributed by atoms with van der Waals surface area (Å²) in [5.41, 5.74) is 6.38. The smallest absolute Gasteiger partial charge is 0.227 e. The monoisotopic (exact) mass is 239 g/mol. The quantitative estimate of drug-likeness (QED) is 0.812. The lowest BCUT2D eigenvalue weighted by Gasteiger charge is -2.21. The lowest BCUT2D eigenvalue weighted by Crippen LogP contribution is -2.36. The van der Waals surface area contributed by atoms with Crippen molar-refractivity contribution in [1.82, 2.24) is 10.1 Å². The number of rotatable bonds is 6. The van der Waals surface area contributed by atoms with Crippen LogP contribution in [0.3, 0.4) is 0 Å². The van der Waals surface area contributed by atoms with E-state index in [4.69, 9.17) is 10.3 Å². The average Bonchev–Trinajstić information content (AvgIpc) is 2.70. The van der Waals surface area contributed by atoms with E-state index in [9.17, 15) is 4.79 Å². The molecule has 5 nitrogen and oxygen atoms in total. The van der Waals surface area contributed by atoms with Gasteiger partial charge < -0.3 is 15.2 Å². The summed E-state index contributed by atoms with van der Waals surface area (Å²) in [5.74, 6) is 0.748. The Morgan fingerprint density at radius 3 is 2.82 bits per heavy atom. The highest BCUT2D eigenvalue weighted by molar-refractivity contribution is 5.78. The second kappa shape index (κ2) is 6.39. The molecule has 1 amide bonds. The maximum Gasteiger partial charge on any atom is 0.227 e. The number of carbonyl (C=O) groups is 1. The van der Waals surface area contributed by atoms with Crippen molar-refractivity contribution in [3.8, 4) is 0 Å². The van der Waals surface area contributed by atoms with E-state index in [0.29, 0.717) is 13.1 Å². The minimum absolute atomic E-state index is 0.0787. The second-order valence-corrected chi connectivity index (χ2v) is 4.34. The van der Waals surface area contributed by atoms with E-state index in [1.54, 1.807) is 11.9 Å². The van der Waals surface area contributed by atoms with E-state index in [2.05, 4.69) is 12.1 Å². The molecule has 0 aromatic carbocycles. The van der Waals surface area contributed by atoms with Gasteiger partial charge in [-0.3, -0.25) is 4.79 Å². The number of aryl methyl sites for hydroxylation is 1. The van der Waals surface area contributed by atoms with Crippen molar-refractivity contribution < 1.29 is 9.32 Å². The van der Waals surface area contributed by atoms with Crippen LogP contribution in [0, 0.1) is 12.8 Å². The molecule has 1 heterocycles. The molecule has 1 rings (SSSR count). The van der Waals surface area contributed by atoms with Crippen LogP contribution in [0.25, 0.3) is 0 Å². The molecule has 0 aliphatic heterocycles. The third kappa shape index (κ3) is 3.85. The van der Waals surface area contributed by atoms with Crippen LogP contribution in [0.2, 0.25) is 0 Å². The highest BCUT2D eigenvalue weighted by Gasteiger charge is 2.20. The molecule has 1 aromatic heterocycles. The molecule has 0 saturated heterocycles. The Morgan fingerprint density at radius 1 is 1.65 bits per heavy atom. The summed E-state index contributed by atoms with van der Waals surface area (Å²) in [5, 5.41) is 3.87. The number of hydrogen-bond donors (Lipinski definition) is 1. The third-order valence-corrected chi connectivity index (χ3v) is 2.72. The van der Waals surface area contributed by atoms with Crippen LogP contribution in [0.4, 0.5) is 0 Å². The molecule has 1 atom stereocenters. The van der Waals surface area contributed by atoms with Gasteiger partial charge in [0.2, 0.25) is 5.91 Å². The number of nitrogens with zero attached hydrogens (tertiary/aromatic N) is 2. The molecule has 0 saturated carbocycles. The summed E-state index contributed by atoms with van der Waals surface area (Å²) in [4.78, 5) is 13.7. The minimum Gasteiger partial charge on any atom is -0.361 e. The zero-order valence-corrected chi connectivity index (χ0v) is 10.8. The van der Waals surface area contributed by atoms with Crippen LogP contribution < -0.4 is 5.73 Å². The predicted molar refractivity (Wildman–Crippen MR) is 65.2 cm³/mol. The Bertz CT molecular complexity index is 362. The Balaban J connectivity index is 2.56. The molecule has 96 valence electrons. The van der Waals surface area contributed by atoms with E-state index in [1.165, 1.54) is 0 Å². The lowest BCUT2D eigenvalue weighted by atomic mass is 10.0. The maximum atomic E-state index is 12.1. The first kappa shape index (κ1) is 13.7. The second-order valence-electron chi connectivity index (χ2n) is 4.34. The minimum atomic E-state index is -0.0852. The molecule has 1 aromatic rings. The first-order valence-corrected chi connectivity index (χ1v) is 5.95. The van der Waals surface area contributed by atoms with E-state index < -0.39 is 0 Å². The predicted octanol–water partition coefficient (Wildman–Crippen LogP) is 1.32. The van der Waals surface area contributed by atoms with Crippen LogP contribution in [0.15, 0.2) is 10.6 Å². The van der Waals surface area contributed by atoms with Crippen molar-refractivity contribution in [3.63, 3.8) is 0 Å². The average molecular weight is 239 g/mol. The third-order valence-electron chi connectivity index (χ3n) is 2.72. The van der Waals surface area contributed by atoms with Gasteiger partial charge in [0.1, 0.15) is 11.5 Å². The van der Waals surface area contributed by atoms with Gasteiger partial charge in [0, 0.05) is 19.7 Å². The Hall–Kier alpha value is -1.36. The normalized spacial score (nSPS) is 12.5. The van der Waals surface area contributed by atoms with Crippen LogP contribution in [-0.2, 0) is 11.3 Å². The van der Waals surface area contributed by atoms with Crippen LogP contribution in [0.5, 0.6) is 0 Å². The SMILES string of the molecule is CCCC(CN)C(=O)N(C)Cc1cc(C)on1. The molecule has 17 heavy (non-hydrogen) atoms. The van der Waals surface area contributed by atoms with Gasteiger partial charge in [0.05, 0.1) is 12.5 Å². The van der Waals surface area contributed by atoms with E-state index >= 15 is 0 Å². The standard InChI is InChI=1S/C12H21N3O2/c1-4-5-10(7-13)12(16)15(3)8-11-6-9(2)17-14-11/h6,10H,4-5,7-8,13H2,1-3H3. The van der Waals surface area contributed by atoms with Crippen molar-refractivity contribution in [2.24, 2.45) is 11.7 Å². The number of aromatic nitrogens is 1. The lowest BCUT2D eigenvalue weighted by molar-refractivity contribution is -0.134. The van der Waals surface area contributed by atoms with Gasteiger partial charge in [-0.2, -0.15) is 0 Å². The summed E-state index contributed by atoms with van der Waals surface area (Å²) in [6.45, 7) is 4.75. The van der Waals surface area contributed by atoms with E-state index in [1.807, 2.05) is 13.0 Å². The number of nitrogens with two attached hydrogens (primary N) is 1. The summed E-state index contributed by atoms with van der Waals surface area (Å²) >= 11 is 0. The Labute approximate surface area is 102 Å². The van der Waals surface area contributed by atoms with Gasteiger partial charge in [-0.25, -0.2) is 0 Å². The summed E-state index contributed by atoms with van der Waals surface area (Å²) < 4.78 is 4.97. The molecule has 0 aliphatic carbocycles. The molecule has 1 unspecified atom stereocenters. The highest BCUT2D eigenvalue weighted by atomic mass is 16.5. The van der Waals surface area contributed by atoms with Gasteiger partial charge in [-0.05, 0) is 13.3 Å². The van der Waals surface area contributed by atoms with Crippen molar-refractivity contribution in [3.05, 3.63) is 17.5 Å². The molecular formula is C12H21N3O2. The zero-order valence-electron chi connectivity index (χ0n) is 10.8. The first-order valence-electron chi connectivity index (χ1n) is 5.95. The number of carbonyl (C=O) groups excluding carboxylic acids is 1. The van der Waals surface area contributed by atoms with Crippen molar-refractivity contribution in [2.75, 3.05) is 13.6 Å². The van der Waals surface area contributed by atoms with Crippen LogP contribution >= 0.6 is 0 Å². The van der Waals surface area contributed by atoms with Crippen molar-refractivity contribution in [2.45, 2.75) is 33.2 Å². The number of hydrogen-bond acceptors (Lipinski definition) is 4. The summed E-state index contributed by atoms with van der Waals surface area (Å²) in [7, 11) is 1.77. The zero-order chi connectivity index (χ0) is 12.8. The largest absolute Gasteiger partial charge is 0.361 e. The van der Waals surface area contributed by atoms with Gasteiger partial charge >= 0.3 is 0 Å². The van der Waals surface area contributed by atoms with E-state index in [-0.39, 0.29) is 11.8 Å². The highest BCUT2D eigenvalue weighted by Crippen LogP contribution is 2.11. The fourth-order valence-electron chi connectivity index (χ4n) is 1.82. The van der Waals surface area contributed by atoms with Gasteiger partial charge in [0.15, 0.2) is 0 Å². The summed E-state index contributed by atoms with van der Waals surface area (Å²) in [6.07, 6.45) is 1.79. The molecule has 0 fully saturated rings. The molecular weight excluding hydrogens is 218 g/mol. The topological polar surface area (TPSA) is 72.4 Å². The number of amides is 1. The maximum absolute atomic E-state index is 12.1. The molecule has 0 radical (unpaired) electrons. The summed E-state index contributed by atoms with van der Waals surface area (Å²) in [6, 6.07) is 1.83. The fraction of sp³-hybridized carbons (Fsp3) is 0.667. The molecule has 0 bridgehead atoms. The fourth-order valence-corrected chi connectivity index (χ4v) is 1.82. The van der Waals surface area contributed by atoms with Crippen LogP contribution in [0.1, 0.15) is 31.2 Å². The molecule has 0 spiro atoms.